The summed E-state index contributed by atoms with van der Waals surface area (Å²) in [5, 5.41) is 0.407. The lowest BCUT2D eigenvalue weighted by Crippen LogP contribution is -2.27. The number of hydrogen-bond acceptors (Lipinski definition) is 5. The Labute approximate surface area is 185 Å². The molecule has 2 aromatic rings. The van der Waals surface area contributed by atoms with E-state index in [0.29, 0.717) is 38.9 Å². The first-order valence-corrected chi connectivity index (χ1v) is 10.5. The quantitative estimate of drug-likeness (QED) is 0.314. The van der Waals surface area contributed by atoms with Gasteiger partial charge in [-0.15, -0.1) is 6.58 Å². The van der Waals surface area contributed by atoms with Gasteiger partial charge in [0.05, 0.1) is 17.0 Å². The molecule has 1 amide bonds. The van der Waals surface area contributed by atoms with Gasteiger partial charge in [-0.3, -0.25) is 9.69 Å². The van der Waals surface area contributed by atoms with Crippen molar-refractivity contribution in [2.45, 2.75) is 13.5 Å². The lowest BCUT2D eigenvalue weighted by atomic mass is 10.1. The Kier molecular flexibility index (Phi) is 7.00. The van der Waals surface area contributed by atoms with Crippen LogP contribution in [0.4, 0.5) is 0 Å². The molecule has 0 spiro atoms. The molecule has 1 aliphatic rings. The summed E-state index contributed by atoms with van der Waals surface area (Å²) in [4.78, 5) is 14.6. The van der Waals surface area contributed by atoms with E-state index in [2.05, 4.69) is 12.6 Å². The van der Waals surface area contributed by atoms with Gasteiger partial charge < -0.3 is 9.47 Å². The molecule has 1 saturated heterocycles. The second-order valence-electron chi connectivity index (χ2n) is 6.39. The predicted octanol–water partition coefficient (Wildman–Crippen LogP) is 5.62. The van der Waals surface area contributed by atoms with Crippen molar-refractivity contribution in [3.63, 3.8) is 0 Å². The highest BCUT2D eigenvalue weighted by molar-refractivity contribution is 8.26. The van der Waals surface area contributed by atoms with Crippen LogP contribution in [0.2, 0.25) is 5.02 Å². The van der Waals surface area contributed by atoms with E-state index in [1.807, 2.05) is 25.1 Å². The van der Waals surface area contributed by atoms with Gasteiger partial charge in [-0.25, -0.2) is 0 Å². The van der Waals surface area contributed by atoms with Crippen LogP contribution in [0.3, 0.4) is 0 Å². The predicted molar refractivity (Wildman–Crippen MR) is 124 cm³/mol. The molecule has 0 aliphatic carbocycles. The maximum atomic E-state index is 12.5. The van der Waals surface area contributed by atoms with Gasteiger partial charge in [-0.05, 0) is 36.3 Å². The SMILES string of the molecule is C=CCN1C(=O)/C(=C/c2cc(Cl)c(OCc3cccc(C)c3)c(OC)c2)SC1=S. The van der Waals surface area contributed by atoms with E-state index in [1.54, 1.807) is 31.4 Å². The molecule has 0 bridgehead atoms. The first kappa shape index (κ1) is 21.4. The molecular weight excluding hydrogens is 426 g/mol. The number of halogens is 1. The van der Waals surface area contributed by atoms with Crippen molar-refractivity contribution in [1.29, 1.82) is 0 Å². The van der Waals surface area contributed by atoms with E-state index in [1.165, 1.54) is 16.7 Å². The molecule has 0 unspecified atom stereocenters. The minimum atomic E-state index is -0.144. The van der Waals surface area contributed by atoms with E-state index in [-0.39, 0.29) is 5.91 Å². The number of carbonyl (C=O) groups is 1. The van der Waals surface area contributed by atoms with E-state index in [0.717, 1.165) is 16.7 Å². The average molecular weight is 446 g/mol. The second-order valence-corrected chi connectivity index (χ2v) is 8.48. The Morgan fingerprint density at radius 2 is 2.10 bits per heavy atom. The smallest absolute Gasteiger partial charge is 0.266 e. The molecule has 0 N–H and O–H groups in total. The van der Waals surface area contributed by atoms with Gasteiger partial charge in [0.25, 0.3) is 5.91 Å². The standard InChI is InChI=1S/C22H20ClNO3S2/c1-4-8-24-21(25)19(29-22(24)28)12-16-10-17(23)20(18(11-16)26-3)27-13-15-7-5-6-14(2)9-15/h4-7,9-12H,1,8,13H2,2-3H3/b19-12-. The number of hydrogen-bond donors (Lipinski definition) is 0. The zero-order valence-electron chi connectivity index (χ0n) is 16.1. The van der Waals surface area contributed by atoms with Crippen LogP contribution in [0.25, 0.3) is 6.08 Å². The van der Waals surface area contributed by atoms with Crippen molar-refractivity contribution in [3.05, 3.63) is 75.7 Å². The van der Waals surface area contributed by atoms with Crippen LogP contribution in [0.15, 0.2) is 54.0 Å². The molecule has 1 aliphatic heterocycles. The number of ether oxygens (including phenoxy) is 2. The fraction of sp³-hybridized carbons (Fsp3) is 0.182. The van der Waals surface area contributed by atoms with Crippen LogP contribution in [-0.2, 0) is 11.4 Å². The fourth-order valence-corrected chi connectivity index (χ4v) is 4.41. The average Bonchev–Trinajstić information content (AvgIpc) is 2.94. The Hall–Kier alpha value is -2.28. The first-order chi connectivity index (χ1) is 13.9. The molecule has 1 fully saturated rings. The molecule has 2 aromatic carbocycles. The number of benzene rings is 2. The molecule has 0 aromatic heterocycles. The van der Waals surface area contributed by atoms with Crippen molar-refractivity contribution in [1.82, 2.24) is 4.90 Å². The maximum absolute atomic E-state index is 12.5. The number of amides is 1. The van der Waals surface area contributed by atoms with Gasteiger partial charge in [0, 0.05) is 6.54 Å². The summed E-state index contributed by atoms with van der Waals surface area (Å²) in [6.07, 6.45) is 3.40. The molecule has 4 nitrogen and oxygen atoms in total. The van der Waals surface area contributed by atoms with Crippen LogP contribution in [0.5, 0.6) is 11.5 Å². The summed E-state index contributed by atoms with van der Waals surface area (Å²) in [6, 6.07) is 11.6. The Bertz CT molecular complexity index is 1000. The number of thiocarbonyl (C=S) groups is 1. The highest BCUT2D eigenvalue weighted by Crippen LogP contribution is 2.39. The summed E-state index contributed by atoms with van der Waals surface area (Å²) in [5.74, 6) is 0.819. The van der Waals surface area contributed by atoms with E-state index in [9.17, 15) is 4.79 Å². The van der Waals surface area contributed by atoms with Gasteiger partial charge in [-0.1, -0.05) is 71.5 Å². The summed E-state index contributed by atoms with van der Waals surface area (Å²) >= 11 is 13.0. The zero-order valence-corrected chi connectivity index (χ0v) is 18.5. The first-order valence-electron chi connectivity index (χ1n) is 8.85. The third-order valence-electron chi connectivity index (χ3n) is 4.20. The number of methoxy groups -OCH3 is 1. The highest BCUT2D eigenvalue weighted by Gasteiger charge is 2.31. The number of nitrogens with zero attached hydrogens (tertiary/aromatic N) is 1. The molecule has 29 heavy (non-hydrogen) atoms. The monoisotopic (exact) mass is 445 g/mol. The molecule has 7 heteroatoms. The van der Waals surface area contributed by atoms with Crippen molar-refractivity contribution in [2.75, 3.05) is 13.7 Å². The van der Waals surface area contributed by atoms with Crippen molar-refractivity contribution in [3.8, 4) is 11.5 Å². The lowest BCUT2D eigenvalue weighted by Gasteiger charge is -2.14. The summed E-state index contributed by atoms with van der Waals surface area (Å²) in [7, 11) is 1.55. The van der Waals surface area contributed by atoms with Gasteiger partial charge in [0.2, 0.25) is 0 Å². The second kappa shape index (κ2) is 9.48. The minimum Gasteiger partial charge on any atom is -0.493 e. The zero-order chi connectivity index (χ0) is 21.0. The Morgan fingerprint density at radius 3 is 2.79 bits per heavy atom. The Morgan fingerprint density at radius 1 is 1.31 bits per heavy atom. The molecular formula is C22H20ClNO3S2. The van der Waals surface area contributed by atoms with Crippen LogP contribution in [0.1, 0.15) is 16.7 Å². The largest absolute Gasteiger partial charge is 0.493 e. The fourth-order valence-electron chi connectivity index (χ4n) is 2.86. The summed E-state index contributed by atoms with van der Waals surface area (Å²) in [5.41, 5.74) is 2.93. The number of thioether (sulfide) groups is 1. The van der Waals surface area contributed by atoms with E-state index in [4.69, 9.17) is 33.3 Å². The number of rotatable bonds is 7. The van der Waals surface area contributed by atoms with Crippen LogP contribution in [0, 0.1) is 6.92 Å². The normalized spacial score (nSPS) is 15.1. The minimum absolute atomic E-state index is 0.144. The van der Waals surface area contributed by atoms with E-state index < -0.39 is 0 Å². The topological polar surface area (TPSA) is 38.8 Å². The molecule has 0 atom stereocenters. The number of aryl methyl sites for hydroxylation is 1. The molecule has 3 rings (SSSR count). The van der Waals surface area contributed by atoms with Gasteiger partial charge in [0.1, 0.15) is 10.9 Å². The van der Waals surface area contributed by atoms with Gasteiger partial charge >= 0.3 is 0 Å². The molecule has 1 heterocycles. The van der Waals surface area contributed by atoms with Gasteiger partial charge in [0.15, 0.2) is 11.5 Å². The summed E-state index contributed by atoms with van der Waals surface area (Å²) < 4.78 is 11.9. The van der Waals surface area contributed by atoms with Crippen LogP contribution in [-0.4, -0.2) is 28.8 Å². The molecule has 0 saturated carbocycles. The van der Waals surface area contributed by atoms with Crippen molar-refractivity contribution in [2.24, 2.45) is 0 Å². The number of carbonyl (C=O) groups excluding carboxylic acids is 1. The van der Waals surface area contributed by atoms with Crippen molar-refractivity contribution >= 4 is 51.9 Å². The van der Waals surface area contributed by atoms with Crippen LogP contribution < -0.4 is 9.47 Å². The van der Waals surface area contributed by atoms with E-state index >= 15 is 0 Å². The lowest BCUT2D eigenvalue weighted by molar-refractivity contribution is -0.121. The van der Waals surface area contributed by atoms with Crippen LogP contribution >= 0.6 is 35.6 Å². The molecule has 150 valence electrons. The summed E-state index contributed by atoms with van der Waals surface area (Å²) in [6.45, 7) is 6.45. The molecule has 0 radical (unpaired) electrons. The van der Waals surface area contributed by atoms with Crippen molar-refractivity contribution < 1.29 is 14.3 Å². The Balaban J connectivity index is 1.84. The highest BCUT2D eigenvalue weighted by atomic mass is 35.5. The maximum Gasteiger partial charge on any atom is 0.266 e. The van der Waals surface area contributed by atoms with Gasteiger partial charge in [-0.2, -0.15) is 0 Å². The third kappa shape index (κ3) is 5.01. The third-order valence-corrected chi connectivity index (χ3v) is 5.86.